The maximum atomic E-state index is 13.5. The van der Waals surface area contributed by atoms with Gasteiger partial charge in [0.05, 0.1) is 0 Å². The average Bonchev–Trinajstić information content (AvgIpc) is 2.12. The van der Waals surface area contributed by atoms with Crippen molar-refractivity contribution in [1.82, 2.24) is 0 Å². The molecule has 1 saturated carbocycles. The molecule has 0 saturated heterocycles. The van der Waals surface area contributed by atoms with Crippen LogP contribution >= 0.6 is 0 Å². The van der Waals surface area contributed by atoms with Crippen LogP contribution in [0.1, 0.15) is 42.9 Å². The monoisotopic (exact) mass is 225 g/mol. The molecule has 1 aliphatic carbocycles. The van der Waals surface area contributed by atoms with Crippen LogP contribution < -0.4 is 5.73 Å². The number of nitrogens with two attached hydrogens (primary N) is 1. The Morgan fingerprint density at radius 1 is 1.31 bits per heavy atom. The van der Waals surface area contributed by atoms with E-state index in [9.17, 15) is 8.78 Å². The van der Waals surface area contributed by atoms with Crippen molar-refractivity contribution in [2.75, 3.05) is 0 Å². The number of benzene rings is 1. The SMILES string of the molecule is Cc1ccc(C(C)(F)F)c(C2(N)CCC2)c1. The summed E-state index contributed by atoms with van der Waals surface area (Å²) in [5.74, 6) is -2.81. The molecule has 1 aliphatic rings. The molecule has 0 atom stereocenters. The van der Waals surface area contributed by atoms with Crippen molar-refractivity contribution in [2.24, 2.45) is 5.73 Å². The Hall–Kier alpha value is -0.960. The van der Waals surface area contributed by atoms with Gasteiger partial charge >= 0.3 is 0 Å². The van der Waals surface area contributed by atoms with Crippen LogP contribution in [-0.4, -0.2) is 0 Å². The molecule has 2 N–H and O–H groups in total. The molecule has 0 amide bonds. The Morgan fingerprint density at radius 2 is 1.94 bits per heavy atom. The summed E-state index contributed by atoms with van der Waals surface area (Å²) < 4.78 is 27.0. The molecule has 1 aromatic carbocycles. The van der Waals surface area contributed by atoms with Gasteiger partial charge in [0.25, 0.3) is 5.92 Å². The number of alkyl halides is 2. The van der Waals surface area contributed by atoms with Crippen LogP contribution in [0.2, 0.25) is 0 Å². The van der Waals surface area contributed by atoms with Crippen LogP contribution in [0.5, 0.6) is 0 Å². The second kappa shape index (κ2) is 3.52. The third-order valence-electron chi connectivity index (χ3n) is 3.43. The first-order valence-corrected chi connectivity index (χ1v) is 5.61. The zero-order valence-electron chi connectivity index (χ0n) is 9.69. The van der Waals surface area contributed by atoms with Crippen molar-refractivity contribution in [2.45, 2.75) is 44.6 Å². The number of hydrogen-bond acceptors (Lipinski definition) is 1. The van der Waals surface area contributed by atoms with Gasteiger partial charge in [0, 0.05) is 18.0 Å². The molecule has 0 spiro atoms. The third kappa shape index (κ3) is 1.84. The van der Waals surface area contributed by atoms with Crippen molar-refractivity contribution < 1.29 is 8.78 Å². The van der Waals surface area contributed by atoms with E-state index in [0.29, 0.717) is 5.56 Å². The molecule has 2 rings (SSSR count). The van der Waals surface area contributed by atoms with Crippen LogP contribution in [-0.2, 0) is 11.5 Å². The average molecular weight is 225 g/mol. The molecule has 3 heteroatoms. The van der Waals surface area contributed by atoms with Gasteiger partial charge in [-0.15, -0.1) is 0 Å². The normalized spacial score (nSPS) is 19.3. The summed E-state index contributed by atoms with van der Waals surface area (Å²) >= 11 is 0. The highest BCUT2D eigenvalue weighted by Gasteiger charge is 2.40. The standard InChI is InChI=1S/C13H17F2N/c1-9-4-5-10(12(2,14)15)11(8-9)13(16)6-3-7-13/h4-5,8H,3,6-7,16H2,1-2H3. The lowest BCUT2D eigenvalue weighted by Gasteiger charge is -2.40. The molecule has 0 radical (unpaired) electrons. The van der Waals surface area contributed by atoms with E-state index in [0.717, 1.165) is 31.7 Å². The van der Waals surface area contributed by atoms with Gasteiger partial charge in [0.15, 0.2) is 0 Å². The molecule has 0 aromatic heterocycles. The van der Waals surface area contributed by atoms with E-state index < -0.39 is 11.5 Å². The summed E-state index contributed by atoms with van der Waals surface area (Å²) in [6, 6.07) is 5.04. The molecular weight excluding hydrogens is 208 g/mol. The molecular formula is C13H17F2N. The first-order chi connectivity index (χ1) is 7.33. The Balaban J connectivity index is 2.53. The number of aryl methyl sites for hydroxylation is 1. The predicted molar refractivity (Wildman–Crippen MR) is 60.5 cm³/mol. The maximum Gasteiger partial charge on any atom is 0.270 e. The van der Waals surface area contributed by atoms with E-state index in [2.05, 4.69) is 0 Å². The fourth-order valence-corrected chi connectivity index (χ4v) is 2.28. The van der Waals surface area contributed by atoms with E-state index in [1.54, 1.807) is 6.07 Å². The van der Waals surface area contributed by atoms with Gasteiger partial charge in [-0.25, -0.2) is 8.78 Å². The molecule has 88 valence electrons. The van der Waals surface area contributed by atoms with E-state index >= 15 is 0 Å². The van der Waals surface area contributed by atoms with Gasteiger partial charge in [-0.05, 0) is 31.7 Å². The summed E-state index contributed by atoms with van der Waals surface area (Å²) in [6.07, 6.45) is 2.64. The first-order valence-electron chi connectivity index (χ1n) is 5.61. The third-order valence-corrected chi connectivity index (χ3v) is 3.43. The van der Waals surface area contributed by atoms with E-state index in [4.69, 9.17) is 5.73 Å². The Bertz CT molecular complexity index is 403. The fourth-order valence-electron chi connectivity index (χ4n) is 2.28. The number of hydrogen-bond donors (Lipinski definition) is 1. The summed E-state index contributed by atoms with van der Waals surface area (Å²) in [6.45, 7) is 2.84. The van der Waals surface area contributed by atoms with Gasteiger partial charge in [-0.1, -0.05) is 23.8 Å². The van der Waals surface area contributed by atoms with Gasteiger partial charge in [-0.2, -0.15) is 0 Å². The molecule has 0 unspecified atom stereocenters. The minimum absolute atomic E-state index is 0.0836. The first kappa shape index (κ1) is 11.5. The smallest absolute Gasteiger partial charge is 0.270 e. The van der Waals surface area contributed by atoms with Crippen LogP contribution in [0.25, 0.3) is 0 Å². The summed E-state index contributed by atoms with van der Waals surface area (Å²) in [5, 5.41) is 0. The topological polar surface area (TPSA) is 26.0 Å². The van der Waals surface area contributed by atoms with Crippen LogP contribution in [0, 0.1) is 6.92 Å². The highest BCUT2D eigenvalue weighted by Crippen LogP contribution is 2.44. The quantitative estimate of drug-likeness (QED) is 0.819. The van der Waals surface area contributed by atoms with Gasteiger partial charge in [0.2, 0.25) is 0 Å². The lowest BCUT2D eigenvalue weighted by atomic mass is 9.70. The zero-order chi connectivity index (χ0) is 12.0. The van der Waals surface area contributed by atoms with Crippen LogP contribution in [0.15, 0.2) is 18.2 Å². The summed E-state index contributed by atoms with van der Waals surface area (Å²) in [7, 11) is 0. The van der Waals surface area contributed by atoms with E-state index in [1.807, 2.05) is 13.0 Å². The lowest BCUT2D eigenvalue weighted by molar-refractivity contribution is 0.0141. The number of rotatable bonds is 2. The number of halogens is 2. The fraction of sp³-hybridized carbons (Fsp3) is 0.538. The molecule has 1 nitrogen and oxygen atoms in total. The minimum atomic E-state index is -2.81. The predicted octanol–water partition coefficient (Wildman–Crippen LogP) is 3.44. The van der Waals surface area contributed by atoms with Gasteiger partial charge < -0.3 is 5.73 Å². The molecule has 0 aliphatic heterocycles. The van der Waals surface area contributed by atoms with Crippen molar-refractivity contribution >= 4 is 0 Å². The highest BCUT2D eigenvalue weighted by atomic mass is 19.3. The van der Waals surface area contributed by atoms with Crippen LogP contribution in [0.3, 0.4) is 0 Å². The Morgan fingerprint density at radius 3 is 2.38 bits per heavy atom. The van der Waals surface area contributed by atoms with Crippen LogP contribution in [0.4, 0.5) is 8.78 Å². The van der Waals surface area contributed by atoms with Gasteiger partial charge in [0.1, 0.15) is 0 Å². The maximum absolute atomic E-state index is 13.5. The van der Waals surface area contributed by atoms with E-state index in [1.165, 1.54) is 6.07 Å². The second-order valence-electron chi connectivity index (χ2n) is 4.95. The Labute approximate surface area is 94.7 Å². The largest absolute Gasteiger partial charge is 0.321 e. The zero-order valence-corrected chi connectivity index (χ0v) is 9.69. The second-order valence-corrected chi connectivity index (χ2v) is 4.95. The Kier molecular flexibility index (Phi) is 2.54. The molecule has 0 heterocycles. The van der Waals surface area contributed by atoms with Gasteiger partial charge in [-0.3, -0.25) is 0 Å². The summed E-state index contributed by atoms with van der Waals surface area (Å²) in [4.78, 5) is 0. The van der Waals surface area contributed by atoms with E-state index in [-0.39, 0.29) is 5.56 Å². The minimum Gasteiger partial charge on any atom is -0.321 e. The van der Waals surface area contributed by atoms with Crippen molar-refractivity contribution in [3.8, 4) is 0 Å². The van der Waals surface area contributed by atoms with Crippen molar-refractivity contribution in [3.05, 3.63) is 34.9 Å². The summed E-state index contributed by atoms with van der Waals surface area (Å²) in [5.41, 5.74) is 7.33. The van der Waals surface area contributed by atoms with Crippen molar-refractivity contribution in [1.29, 1.82) is 0 Å². The highest BCUT2D eigenvalue weighted by molar-refractivity contribution is 5.40. The molecule has 0 bridgehead atoms. The molecule has 16 heavy (non-hydrogen) atoms. The molecule has 1 fully saturated rings. The van der Waals surface area contributed by atoms with Crippen molar-refractivity contribution in [3.63, 3.8) is 0 Å². The lowest BCUT2D eigenvalue weighted by Crippen LogP contribution is -2.44. The molecule has 1 aromatic rings.